The van der Waals surface area contributed by atoms with Crippen LogP contribution < -0.4 is 4.90 Å². The van der Waals surface area contributed by atoms with E-state index in [2.05, 4.69) is 39.8 Å². The number of imidazole rings is 1. The van der Waals surface area contributed by atoms with Gasteiger partial charge in [-0.15, -0.1) is 0 Å². The van der Waals surface area contributed by atoms with Crippen molar-refractivity contribution < 1.29 is 0 Å². The number of rotatable bonds is 6. The SMILES string of the molecule is CCCN(CCC)c1cc(-c2c[nH]cn2)ccn1. The molecule has 2 aromatic heterocycles. The molecule has 0 saturated carbocycles. The Hall–Kier alpha value is -1.84. The second-order valence-corrected chi connectivity index (χ2v) is 4.34. The summed E-state index contributed by atoms with van der Waals surface area (Å²) in [4.78, 5) is 14.1. The van der Waals surface area contributed by atoms with Gasteiger partial charge in [0.05, 0.1) is 12.0 Å². The minimum Gasteiger partial charge on any atom is -0.357 e. The highest BCUT2D eigenvalue weighted by Crippen LogP contribution is 2.21. The second-order valence-electron chi connectivity index (χ2n) is 4.34. The Morgan fingerprint density at radius 1 is 1.17 bits per heavy atom. The Morgan fingerprint density at radius 3 is 2.56 bits per heavy atom. The molecule has 0 saturated heterocycles. The molecule has 0 aliphatic heterocycles. The number of hydrogen-bond acceptors (Lipinski definition) is 3. The Labute approximate surface area is 108 Å². The molecule has 0 fully saturated rings. The monoisotopic (exact) mass is 244 g/mol. The zero-order valence-corrected chi connectivity index (χ0v) is 11.1. The van der Waals surface area contributed by atoms with E-state index in [0.29, 0.717) is 0 Å². The molecule has 2 rings (SSSR count). The zero-order valence-electron chi connectivity index (χ0n) is 11.1. The molecule has 0 aliphatic rings. The van der Waals surface area contributed by atoms with Crippen molar-refractivity contribution in [1.82, 2.24) is 15.0 Å². The molecule has 0 aliphatic carbocycles. The highest BCUT2D eigenvalue weighted by atomic mass is 15.2. The molecule has 1 N–H and O–H groups in total. The first-order valence-electron chi connectivity index (χ1n) is 6.55. The van der Waals surface area contributed by atoms with Gasteiger partial charge in [-0.2, -0.15) is 0 Å². The summed E-state index contributed by atoms with van der Waals surface area (Å²) in [5.41, 5.74) is 2.07. The van der Waals surface area contributed by atoms with Crippen LogP contribution in [0.15, 0.2) is 30.9 Å². The maximum absolute atomic E-state index is 4.47. The quantitative estimate of drug-likeness (QED) is 0.849. The molecule has 0 radical (unpaired) electrons. The minimum absolute atomic E-state index is 0.964. The van der Waals surface area contributed by atoms with Crippen molar-refractivity contribution in [2.45, 2.75) is 26.7 Å². The van der Waals surface area contributed by atoms with Gasteiger partial charge in [0, 0.05) is 31.0 Å². The van der Waals surface area contributed by atoms with Crippen LogP contribution in [0.1, 0.15) is 26.7 Å². The lowest BCUT2D eigenvalue weighted by molar-refractivity contribution is 0.734. The number of anilines is 1. The van der Waals surface area contributed by atoms with E-state index in [1.54, 1.807) is 6.33 Å². The standard InChI is InChI=1S/C14H20N4/c1-3-7-18(8-4-2)14-9-12(5-6-16-14)13-10-15-11-17-13/h5-6,9-11H,3-4,7-8H2,1-2H3,(H,15,17). The van der Waals surface area contributed by atoms with Crippen LogP contribution in [0.2, 0.25) is 0 Å². The molecule has 0 atom stereocenters. The van der Waals surface area contributed by atoms with Gasteiger partial charge in [-0.25, -0.2) is 9.97 Å². The maximum atomic E-state index is 4.47. The summed E-state index contributed by atoms with van der Waals surface area (Å²) in [7, 11) is 0. The number of H-pyrrole nitrogens is 1. The Morgan fingerprint density at radius 2 is 1.94 bits per heavy atom. The Kier molecular flexibility index (Phi) is 4.34. The molecule has 2 heterocycles. The first-order chi connectivity index (χ1) is 8.85. The van der Waals surface area contributed by atoms with E-state index in [-0.39, 0.29) is 0 Å². The van der Waals surface area contributed by atoms with Crippen LogP contribution in [0.3, 0.4) is 0 Å². The van der Waals surface area contributed by atoms with Crippen LogP contribution in [0.5, 0.6) is 0 Å². The molecule has 0 aromatic carbocycles. The molecular formula is C14H20N4. The van der Waals surface area contributed by atoms with Crippen molar-refractivity contribution in [3.63, 3.8) is 0 Å². The molecule has 18 heavy (non-hydrogen) atoms. The van der Waals surface area contributed by atoms with Gasteiger partial charge >= 0.3 is 0 Å². The van der Waals surface area contributed by atoms with Crippen LogP contribution in [0.25, 0.3) is 11.3 Å². The third-order valence-corrected chi connectivity index (χ3v) is 2.85. The van der Waals surface area contributed by atoms with E-state index in [1.807, 2.05) is 18.5 Å². The predicted molar refractivity (Wildman–Crippen MR) is 74.6 cm³/mol. The van der Waals surface area contributed by atoms with Crippen LogP contribution in [0, 0.1) is 0 Å². The lowest BCUT2D eigenvalue weighted by Gasteiger charge is -2.22. The van der Waals surface area contributed by atoms with E-state index < -0.39 is 0 Å². The van der Waals surface area contributed by atoms with Gasteiger partial charge in [-0.3, -0.25) is 0 Å². The summed E-state index contributed by atoms with van der Waals surface area (Å²) in [5.74, 6) is 1.04. The van der Waals surface area contributed by atoms with E-state index in [1.165, 1.54) is 0 Å². The van der Waals surface area contributed by atoms with Crippen LogP contribution >= 0.6 is 0 Å². The molecule has 96 valence electrons. The van der Waals surface area contributed by atoms with Gasteiger partial charge in [0.15, 0.2) is 0 Å². The summed E-state index contributed by atoms with van der Waals surface area (Å²) in [6.07, 6.45) is 7.73. The summed E-state index contributed by atoms with van der Waals surface area (Å²) in [6, 6.07) is 4.11. The minimum atomic E-state index is 0.964. The molecule has 0 amide bonds. The Balaban J connectivity index is 2.25. The number of aromatic amines is 1. The second kappa shape index (κ2) is 6.19. The average Bonchev–Trinajstić information content (AvgIpc) is 2.93. The highest BCUT2D eigenvalue weighted by Gasteiger charge is 2.08. The molecule has 4 heteroatoms. The Bertz CT molecular complexity index is 458. The summed E-state index contributed by atoms with van der Waals surface area (Å²) < 4.78 is 0. The summed E-state index contributed by atoms with van der Waals surface area (Å²) in [6.45, 7) is 6.48. The molecule has 0 spiro atoms. The maximum Gasteiger partial charge on any atom is 0.129 e. The van der Waals surface area contributed by atoms with Gasteiger partial charge in [0.1, 0.15) is 5.82 Å². The smallest absolute Gasteiger partial charge is 0.129 e. The van der Waals surface area contributed by atoms with E-state index >= 15 is 0 Å². The van der Waals surface area contributed by atoms with Crippen molar-refractivity contribution in [2.24, 2.45) is 0 Å². The number of nitrogens with one attached hydrogen (secondary N) is 1. The number of aromatic nitrogens is 3. The van der Waals surface area contributed by atoms with Gasteiger partial charge in [-0.1, -0.05) is 13.8 Å². The lowest BCUT2D eigenvalue weighted by Crippen LogP contribution is -2.25. The fourth-order valence-corrected chi connectivity index (χ4v) is 2.05. The number of nitrogens with zero attached hydrogens (tertiary/aromatic N) is 3. The average molecular weight is 244 g/mol. The highest BCUT2D eigenvalue weighted by molar-refractivity contribution is 5.62. The lowest BCUT2D eigenvalue weighted by atomic mass is 10.2. The van der Waals surface area contributed by atoms with E-state index in [4.69, 9.17) is 0 Å². The fourth-order valence-electron chi connectivity index (χ4n) is 2.05. The van der Waals surface area contributed by atoms with Crippen molar-refractivity contribution in [1.29, 1.82) is 0 Å². The van der Waals surface area contributed by atoms with Crippen LogP contribution in [-0.2, 0) is 0 Å². The van der Waals surface area contributed by atoms with Crippen molar-refractivity contribution in [2.75, 3.05) is 18.0 Å². The van der Waals surface area contributed by atoms with Gasteiger partial charge in [0.25, 0.3) is 0 Å². The molecule has 0 bridgehead atoms. The van der Waals surface area contributed by atoms with Crippen LogP contribution in [-0.4, -0.2) is 28.0 Å². The predicted octanol–water partition coefficient (Wildman–Crippen LogP) is 3.10. The van der Waals surface area contributed by atoms with Crippen molar-refractivity contribution in [3.05, 3.63) is 30.9 Å². The molecule has 2 aromatic rings. The summed E-state index contributed by atoms with van der Waals surface area (Å²) >= 11 is 0. The van der Waals surface area contributed by atoms with E-state index in [9.17, 15) is 0 Å². The normalized spacial score (nSPS) is 10.6. The van der Waals surface area contributed by atoms with Gasteiger partial charge in [-0.05, 0) is 25.0 Å². The number of pyridine rings is 1. The molecule has 4 nitrogen and oxygen atoms in total. The van der Waals surface area contributed by atoms with Gasteiger partial charge in [0.2, 0.25) is 0 Å². The fraction of sp³-hybridized carbons (Fsp3) is 0.429. The zero-order chi connectivity index (χ0) is 12.8. The molecule has 0 unspecified atom stereocenters. The third kappa shape index (κ3) is 2.88. The van der Waals surface area contributed by atoms with Gasteiger partial charge < -0.3 is 9.88 Å². The topological polar surface area (TPSA) is 44.8 Å². The first kappa shape index (κ1) is 12.6. The number of hydrogen-bond donors (Lipinski definition) is 1. The van der Waals surface area contributed by atoms with Crippen LogP contribution in [0.4, 0.5) is 5.82 Å². The third-order valence-electron chi connectivity index (χ3n) is 2.85. The first-order valence-corrected chi connectivity index (χ1v) is 6.55. The van der Waals surface area contributed by atoms with Crippen molar-refractivity contribution in [3.8, 4) is 11.3 Å². The largest absolute Gasteiger partial charge is 0.357 e. The van der Waals surface area contributed by atoms with Crippen molar-refractivity contribution >= 4 is 5.82 Å². The summed E-state index contributed by atoms with van der Waals surface area (Å²) in [5, 5.41) is 0. The van der Waals surface area contributed by atoms with E-state index in [0.717, 1.165) is 43.0 Å². The molecular weight excluding hydrogens is 224 g/mol.